The molecule has 108 valence electrons. The van der Waals surface area contributed by atoms with Crippen LogP contribution in [0.25, 0.3) is 11.5 Å². The molecule has 0 aliphatic rings. The third-order valence-corrected chi connectivity index (χ3v) is 4.42. The summed E-state index contributed by atoms with van der Waals surface area (Å²) in [6.45, 7) is 0. The first-order valence-electron chi connectivity index (χ1n) is 6.08. The SMILES string of the molecule is Cn1c(SCc2coc(-c3ccc(Br)cc3)n2)n[nH]c1=O. The van der Waals surface area contributed by atoms with E-state index in [1.54, 1.807) is 13.3 Å². The van der Waals surface area contributed by atoms with Crippen LogP contribution in [0.2, 0.25) is 0 Å². The summed E-state index contributed by atoms with van der Waals surface area (Å²) in [7, 11) is 1.67. The normalized spacial score (nSPS) is 11.0. The molecule has 2 aromatic heterocycles. The molecule has 1 N–H and O–H groups in total. The Bertz CT molecular complexity index is 806. The van der Waals surface area contributed by atoms with Crippen LogP contribution in [0.3, 0.4) is 0 Å². The van der Waals surface area contributed by atoms with E-state index in [-0.39, 0.29) is 5.69 Å². The fraction of sp³-hybridized carbons (Fsp3) is 0.154. The number of benzene rings is 1. The van der Waals surface area contributed by atoms with Crippen molar-refractivity contribution >= 4 is 27.7 Å². The molecule has 0 aliphatic heterocycles. The number of thioether (sulfide) groups is 1. The number of nitrogens with zero attached hydrogens (tertiary/aromatic N) is 3. The fourth-order valence-corrected chi connectivity index (χ4v) is 2.76. The zero-order chi connectivity index (χ0) is 14.8. The Hall–Kier alpha value is -1.80. The van der Waals surface area contributed by atoms with Gasteiger partial charge in [0.1, 0.15) is 6.26 Å². The summed E-state index contributed by atoms with van der Waals surface area (Å²) in [6.07, 6.45) is 1.62. The summed E-state index contributed by atoms with van der Waals surface area (Å²) >= 11 is 4.81. The number of nitrogens with one attached hydrogen (secondary N) is 1. The van der Waals surface area contributed by atoms with Gasteiger partial charge in [-0.25, -0.2) is 14.9 Å². The molecule has 0 saturated heterocycles. The fourth-order valence-electron chi connectivity index (χ4n) is 1.70. The minimum Gasteiger partial charge on any atom is -0.444 e. The number of aromatic amines is 1. The van der Waals surface area contributed by atoms with Crippen LogP contribution in [-0.4, -0.2) is 19.7 Å². The molecule has 0 radical (unpaired) electrons. The molecule has 0 saturated carbocycles. The van der Waals surface area contributed by atoms with Crippen LogP contribution < -0.4 is 5.69 Å². The molecule has 0 unspecified atom stereocenters. The first-order chi connectivity index (χ1) is 10.1. The topological polar surface area (TPSA) is 76.7 Å². The quantitative estimate of drug-likeness (QED) is 0.718. The van der Waals surface area contributed by atoms with Gasteiger partial charge in [-0.1, -0.05) is 27.7 Å². The summed E-state index contributed by atoms with van der Waals surface area (Å²) in [4.78, 5) is 15.7. The third-order valence-electron chi connectivity index (χ3n) is 2.83. The summed E-state index contributed by atoms with van der Waals surface area (Å²) < 4.78 is 7.94. The van der Waals surface area contributed by atoms with Crippen molar-refractivity contribution in [2.24, 2.45) is 7.05 Å². The van der Waals surface area contributed by atoms with Gasteiger partial charge in [0.05, 0.1) is 5.69 Å². The van der Waals surface area contributed by atoms with Crippen LogP contribution in [0, 0.1) is 0 Å². The maximum atomic E-state index is 11.3. The lowest BCUT2D eigenvalue weighted by Crippen LogP contribution is -2.12. The van der Waals surface area contributed by atoms with Crippen molar-refractivity contribution in [1.29, 1.82) is 0 Å². The predicted octanol–water partition coefficient (Wildman–Crippen LogP) is 2.82. The van der Waals surface area contributed by atoms with Crippen LogP contribution in [0.15, 0.2) is 49.4 Å². The van der Waals surface area contributed by atoms with Gasteiger partial charge in [-0.3, -0.25) is 4.57 Å². The van der Waals surface area contributed by atoms with Crippen molar-refractivity contribution in [3.05, 3.63) is 51.2 Å². The molecule has 3 rings (SSSR count). The van der Waals surface area contributed by atoms with Crippen molar-refractivity contribution in [1.82, 2.24) is 19.7 Å². The largest absolute Gasteiger partial charge is 0.444 e. The van der Waals surface area contributed by atoms with E-state index in [0.717, 1.165) is 15.7 Å². The maximum absolute atomic E-state index is 11.3. The molecule has 21 heavy (non-hydrogen) atoms. The van der Waals surface area contributed by atoms with Gasteiger partial charge in [0.2, 0.25) is 5.89 Å². The van der Waals surface area contributed by atoms with E-state index in [9.17, 15) is 4.79 Å². The van der Waals surface area contributed by atoms with E-state index in [1.165, 1.54) is 16.3 Å². The first kappa shape index (κ1) is 14.2. The van der Waals surface area contributed by atoms with Crippen molar-refractivity contribution in [2.75, 3.05) is 0 Å². The van der Waals surface area contributed by atoms with Crippen molar-refractivity contribution in [2.45, 2.75) is 10.9 Å². The Morgan fingerprint density at radius 3 is 2.81 bits per heavy atom. The third kappa shape index (κ3) is 3.11. The van der Waals surface area contributed by atoms with Gasteiger partial charge in [0.15, 0.2) is 5.16 Å². The minimum absolute atomic E-state index is 0.229. The second-order valence-electron chi connectivity index (χ2n) is 4.31. The lowest BCUT2D eigenvalue weighted by atomic mass is 10.2. The molecule has 2 heterocycles. The van der Waals surface area contributed by atoms with Crippen LogP contribution in [0.5, 0.6) is 0 Å². The predicted molar refractivity (Wildman–Crippen MR) is 83.0 cm³/mol. The van der Waals surface area contributed by atoms with Crippen molar-refractivity contribution in [3.8, 4) is 11.5 Å². The van der Waals surface area contributed by atoms with Gasteiger partial charge < -0.3 is 4.42 Å². The smallest absolute Gasteiger partial charge is 0.343 e. The second kappa shape index (κ2) is 5.90. The molecule has 0 bridgehead atoms. The molecule has 0 spiro atoms. The number of hydrogen-bond acceptors (Lipinski definition) is 5. The van der Waals surface area contributed by atoms with Crippen LogP contribution in [-0.2, 0) is 12.8 Å². The molecule has 6 nitrogen and oxygen atoms in total. The number of oxazole rings is 1. The summed E-state index contributed by atoms with van der Waals surface area (Å²) in [6, 6.07) is 7.75. The van der Waals surface area contributed by atoms with Gasteiger partial charge in [-0.2, -0.15) is 0 Å². The zero-order valence-corrected chi connectivity index (χ0v) is 13.4. The van der Waals surface area contributed by atoms with Crippen LogP contribution in [0.4, 0.5) is 0 Å². The maximum Gasteiger partial charge on any atom is 0.343 e. The number of aromatic nitrogens is 4. The van der Waals surface area contributed by atoms with Crippen molar-refractivity contribution < 1.29 is 4.42 Å². The lowest BCUT2D eigenvalue weighted by Gasteiger charge is -1.96. The van der Waals surface area contributed by atoms with E-state index >= 15 is 0 Å². The van der Waals surface area contributed by atoms with Crippen LogP contribution in [0.1, 0.15) is 5.69 Å². The standard InChI is InChI=1S/C13H11BrN4O2S/c1-18-12(19)16-17-13(18)21-7-10-6-20-11(15-10)8-2-4-9(14)5-3-8/h2-6H,7H2,1H3,(H,16,19). The highest BCUT2D eigenvalue weighted by Gasteiger charge is 2.09. The summed E-state index contributed by atoms with van der Waals surface area (Å²) in [5, 5.41) is 6.95. The van der Waals surface area contributed by atoms with Crippen LogP contribution >= 0.6 is 27.7 Å². The average Bonchev–Trinajstić information content (AvgIpc) is 3.07. The highest BCUT2D eigenvalue weighted by molar-refractivity contribution is 9.10. The molecule has 0 fully saturated rings. The number of halogens is 1. The van der Waals surface area contributed by atoms with Gasteiger partial charge in [0.25, 0.3) is 0 Å². The first-order valence-corrected chi connectivity index (χ1v) is 7.86. The minimum atomic E-state index is -0.229. The number of hydrogen-bond donors (Lipinski definition) is 1. The highest BCUT2D eigenvalue weighted by atomic mass is 79.9. The Morgan fingerprint density at radius 1 is 1.38 bits per heavy atom. The molecular formula is C13H11BrN4O2S. The lowest BCUT2D eigenvalue weighted by molar-refractivity contribution is 0.573. The Balaban J connectivity index is 1.72. The summed E-state index contributed by atoms with van der Waals surface area (Å²) in [5.74, 6) is 1.16. The molecular weight excluding hydrogens is 356 g/mol. The molecule has 8 heteroatoms. The van der Waals surface area contributed by atoms with Gasteiger partial charge >= 0.3 is 5.69 Å². The van der Waals surface area contributed by atoms with E-state index in [4.69, 9.17) is 4.42 Å². The van der Waals surface area contributed by atoms with E-state index in [0.29, 0.717) is 16.8 Å². The molecule has 3 aromatic rings. The zero-order valence-electron chi connectivity index (χ0n) is 11.0. The number of H-pyrrole nitrogens is 1. The number of rotatable bonds is 4. The van der Waals surface area contributed by atoms with E-state index in [1.807, 2.05) is 24.3 Å². The van der Waals surface area contributed by atoms with Gasteiger partial charge in [-0.05, 0) is 24.3 Å². The molecule has 0 aliphatic carbocycles. The molecule has 0 atom stereocenters. The monoisotopic (exact) mass is 366 g/mol. The van der Waals surface area contributed by atoms with Crippen molar-refractivity contribution in [3.63, 3.8) is 0 Å². The summed E-state index contributed by atoms with van der Waals surface area (Å²) in [5.41, 5.74) is 1.49. The highest BCUT2D eigenvalue weighted by Crippen LogP contribution is 2.24. The van der Waals surface area contributed by atoms with Gasteiger partial charge in [0, 0.05) is 22.8 Å². The van der Waals surface area contributed by atoms with E-state index < -0.39 is 0 Å². The molecule has 0 amide bonds. The Morgan fingerprint density at radius 2 is 2.14 bits per heavy atom. The van der Waals surface area contributed by atoms with E-state index in [2.05, 4.69) is 31.1 Å². The average molecular weight is 367 g/mol. The second-order valence-corrected chi connectivity index (χ2v) is 6.17. The Kier molecular flexibility index (Phi) is 3.98. The Labute approximate surface area is 132 Å². The van der Waals surface area contributed by atoms with Gasteiger partial charge in [-0.15, -0.1) is 5.10 Å². The molecule has 1 aromatic carbocycles.